The number of aryl methyl sites for hydroxylation is 1. The maximum absolute atomic E-state index is 5.49. The van der Waals surface area contributed by atoms with E-state index in [1.54, 1.807) is 10.9 Å². The fourth-order valence-electron chi connectivity index (χ4n) is 1.86. The van der Waals surface area contributed by atoms with Gasteiger partial charge in [0.05, 0.1) is 11.4 Å². The molecule has 0 aromatic carbocycles. The van der Waals surface area contributed by atoms with Gasteiger partial charge < -0.3 is 10.2 Å². The first kappa shape index (κ1) is 10.9. The van der Waals surface area contributed by atoms with Gasteiger partial charge in [0.15, 0.2) is 0 Å². The van der Waals surface area contributed by atoms with Gasteiger partial charge in [0, 0.05) is 12.2 Å². The van der Waals surface area contributed by atoms with Crippen molar-refractivity contribution in [1.82, 2.24) is 14.8 Å². The van der Waals surface area contributed by atoms with Gasteiger partial charge >= 0.3 is 6.01 Å². The Morgan fingerprint density at radius 3 is 2.69 bits per heavy atom. The Morgan fingerprint density at radius 2 is 2.19 bits per heavy atom. The van der Waals surface area contributed by atoms with Crippen LogP contribution in [0.3, 0.4) is 0 Å². The monoisotopic (exact) mass is 220 g/mol. The molecule has 0 amide bonds. The van der Waals surface area contributed by atoms with Gasteiger partial charge in [-0.2, -0.15) is 14.8 Å². The van der Waals surface area contributed by atoms with E-state index in [2.05, 4.69) is 17.0 Å². The van der Waals surface area contributed by atoms with Crippen molar-refractivity contribution in [3.05, 3.63) is 28.9 Å². The van der Waals surface area contributed by atoms with E-state index in [9.17, 15) is 0 Å². The van der Waals surface area contributed by atoms with Crippen molar-refractivity contribution in [2.45, 2.75) is 33.7 Å². The molecule has 0 saturated heterocycles. The largest absolute Gasteiger partial charge is 0.430 e. The molecule has 0 aliphatic rings. The maximum Gasteiger partial charge on any atom is 0.323 e. The van der Waals surface area contributed by atoms with E-state index in [0.717, 1.165) is 23.5 Å². The Kier molecular flexibility index (Phi) is 2.78. The van der Waals surface area contributed by atoms with Crippen LogP contribution in [0.5, 0.6) is 0 Å². The highest BCUT2D eigenvalue weighted by Crippen LogP contribution is 2.17. The molecule has 5 nitrogen and oxygen atoms in total. The minimum Gasteiger partial charge on any atom is -0.430 e. The number of hydrogen-bond donors (Lipinski definition) is 1. The van der Waals surface area contributed by atoms with Crippen LogP contribution in [-0.4, -0.2) is 14.8 Å². The zero-order valence-electron chi connectivity index (χ0n) is 9.82. The standard InChI is InChI=1S/C11H16N4O/c1-4-10-7(2)14-15(8(10)3)11-13-9(5-12)6-16-11/h6H,4-5,12H2,1-3H3. The van der Waals surface area contributed by atoms with Crippen LogP contribution in [0.4, 0.5) is 0 Å². The third kappa shape index (κ3) is 1.63. The first-order chi connectivity index (χ1) is 7.67. The summed E-state index contributed by atoms with van der Waals surface area (Å²) in [6.45, 7) is 6.51. The van der Waals surface area contributed by atoms with Crippen molar-refractivity contribution in [2.24, 2.45) is 5.73 Å². The van der Waals surface area contributed by atoms with Gasteiger partial charge in [-0.25, -0.2) is 0 Å². The number of rotatable bonds is 3. The minimum absolute atomic E-state index is 0.378. The van der Waals surface area contributed by atoms with Crippen molar-refractivity contribution >= 4 is 0 Å². The molecule has 2 heterocycles. The highest BCUT2D eigenvalue weighted by Gasteiger charge is 2.14. The second-order valence-electron chi connectivity index (χ2n) is 3.74. The van der Waals surface area contributed by atoms with Gasteiger partial charge in [0.1, 0.15) is 6.26 Å². The lowest BCUT2D eigenvalue weighted by Gasteiger charge is -1.98. The molecule has 0 unspecified atom stereocenters. The summed E-state index contributed by atoms with van der Waals surface area (Å²) in [6, 6.07) is 0.487. The van der Waals surface area contributed by atoms with E-state index < -0.39 is 0 Å². The third-order valence-electron chi connectivity index (χ3n) is 2.72. The summed E-state index contributed by atoms with van der Waals surface area (Å²) in [5.41, 5.74) is 9.56. The minimum atomic E-state index is 0.378. The van der Waals surface area contributed by atoms with E-state index in [0.29, 0.717) is 12.6 Å². The summed E-state index contributed by atoms with van der Waals surface area (Å²) in [7, 11) is 0. The van der Waals surface area contributed by atoms with Gasteiger partial charge in [-0.3, -0.25) is 0 Å². The Bertz CT molecular complexity index is 498. The molecule has 2 aromatic rings. The number of oxazole rings is 1. The van der Waals surface area contributed by atoms with E-state index in [-0.39, 0.29) is 0 Å². The molecule has 0 aliphatic heterocycles. The third-order valence-corrected chi connectivity index (χ3v) is 2.72. The molecule has 2 rings (SSSR count). The van der Waals surface area contributed by atoms with E-state index >= 15 is 0 Å². The van der Waals surface area contributed by atoms with Crippen molar-refractivity contribution in [3.63, 3.8) is 0 Å². The van der Waals surface area contributed by atoms with Crippen LogP contribution in [0.1, 0.15) is 29.6 Å². The van der Waals surface area contributed by atoms with Crippen LogP contribution in [0.2, 0.25) is 0 Å². The number of hydrogen-bond acceptors (Lipinski definition) is 4. The molecular formula is C11H16N4O. The molecule has 0 saturated carbocycles. The number of aromatic nitrogens is 3. The van der Waals surface area contributed by atoms with Gasteiger partial charge in [-0.05, 0) is 25.8 Å². The second-order valence-corrected chi connectivity index (χ2v) is 3.74. The molecule has 16 heavy (non-hydrogen) atoms. The Labute approximate surface area is 94.3 Å². The quantitative estimate of drug-likeness (QED) is 0.851. The molecule has 5 heteroatoms. The first-order valence-electron chi connectivity index (χ1n) is 5.37. The van der Waals surface area contributed by atoms with Crippen LogP contribution in [-0.2, 0) is 13.0 Å². The Hall–Kier alpha value is -1.62. The number of nitrogens with zero attached hydrogens (tertiary/aromatic N) is 3. The van der Waals surface area contributed by atoms with Crippen LogP contribution in [0.25, 0.3) is 6.01 Å². The van der Waals surface area contributed by atoms with Gasteiger partial charge in [-0.15, -0.1) is 0 Å². The summed E-state index contributed by atoms with van der Waals surface area (Å²) in [5, 5.41) is 4.42. The summed E-state index contributed by atoms with van der Waals surface area (Å²) >= 11 is 0. The highest BCUT2D eigenvalue weighted by atomic mass is 16.4. The average molecular weight is 220 g/mol. The van der Waals surface area contributed by atoms with E-state index in [4.69, 9.17) is 10.2 Å². The Morgan fingerprint density at radius 1 is 1.44 bits per heavy atom. The van der Waals surface area contributed by atoms with Crippen LogP contribution < -0.4 is 5.73 Å². The molecular weight excluding hydrogens is 204 g/mol. The lowest BCUT2D eigenvalue weighted by Crippen LogP contribution is -2.01. The molecule has 0 radical (unpaired) electrons. The predicted octanol–water partition coefficient (Wildman–Crippen LogP) is 1.50. The fourth-order valence-corrected chi connectivity index (χ4v) is 1.86. The maximum atomic E-state index is 5.49. The van der Waals surface area contributed by atoms with E-state index in [1.807, 2.05) is 13.8 Å². The van der Waals surface area contributed by atoms with Crippen LogP contribution in [0.15, 0.2) is 10.7 Å². The van der Waals surface area contributed by atoms with Gasteiger partial charge in [0.2, 0.25) is 0 Å². The smallest absolute Gasteiger partial charge is 0.323 e. The number of nitrogens with two attached hydrogens (primary N) is 1. The molecule has 0 fully saturated rings. The first-order valence-corrected chi connectivity index (χ1v) is 5.37. The van der Waals surface area contributed by atoms with Crippen molar-refractivity contribution in [1.29, 1.82) is 0 Å². The molecule has 0 atom stereocenters. The van der Waals surface area contributed by atoms with Crippen LogP contribution in [0, 0.1) is 13.8 Å². The summed E-state index contributed by atoms with van der Waals surface area (Å²) in [6.07, 6.45) is 2.53. The average Bonchev–Trinajstić information content (AvgIpc) is 2.83. The summed E-state index contributed by atoms with van der Waals surface area (Å²) in [4.78, 5) is 4.26. The second kappa shape index (κ2) is 4.09. The molecule has 0 aliphatic carbocycles. The lowest BCUT2D eigenvalue weighted by molar-refractivity contribution is 0.504. The molecule has 86 valence electrons. The predicted molar refractivity (Wildman–Crippen MR) is 60.4 cm³/mol. The van der Waals surface area contributed by atoms with E-state index in [1.165, 1.54) is 5.56 Å². The highest BCUT2D eigenvalue weighted by molar-refractivity contribution is 5.28. The zero-order valence-corrected chi connectivity index (χ0v) is 9.82. The topological polar surface area (TPSA) is 69.9 Å². The van der Waals surface area contributed by atoms with Gasteiger partial charge in [-0.1, -0.05) is 6.92 Å². The summed E-state index contributed by atoms with van der Waals surface area (Å²) < 4.78 is 7.07. The summed E-state index contributed by atoms with van der Waals surface area (Å²) in [5.74, 6) is 0. The molecule has 2 aromatic heterocycles. The van der Waals surface area contributed by atoms with Crippen molar-refractivity contribution in [2.75, 3.05) is 0 Å². The molecule has 0 bridgehead atoms. The van der Waals surface area contributed by atoms with Crippen molar-refractivity contribution in [3.8, 4) is 6.01 Å². The molecule has 0 spiro atoms. The Balaban J connectivity index is 2.47. The lowest BCUT2D eigenvalue weighted by atomic mass is 10.1. The van der Waals surface area contributed by atoms with Gasteiger partial charge in [0.25, 0.3) is 0 Å². The van der Waals surface area contributed by atoms with Crippen LogP contribution >= 0.6 is 0 Å². The zero-order chi connectivity index (χ0) is 11.7. The normalized spacial score (nSPS) is 11.0. The fraction of sp³-hybridized carbons (Fsp3) is 0.455. The SMILES string of the molecule is CCc1c(C)nn(-c2nc(CN)co2)c1C. The van der Waals surface area contributed by atoms with Crippen molar-refractivity contribution < 1.29 is 4.42 Å². The molecule has 2 N–H and O–H groups in total.